The number of carbonyl (C=O) groups excluding carboxylic acids is 1. The number of hydrogen-bond acceptors (Lipinski definition) is 3. The predicted octanol–water partition coefficient (Wildman–Crippen LogP) is 2.27. The summed E-state index contributed by atoms with van der Waals surface area (Å²) in [6.45, 7) is 3.46. The van der Waals surface area contributed by atoms with E-state index < -0.39 is 5.60 Å². The molecule has 0 spiro atoms. The summed E-state index contributed by atoms with van der Waals surface area (Å²) in [7, 11) is 1.68. The normalized spacial score (nSPS) is 23.3. The lowest BCUT2D eigenvalue weighted by molar-refractivity contribution is -0.157. The lowest BCUT2D eigenvalue weighted by Crippen LogP contribution is -2.54. The molecule has 1 amide bonds. The molecule has 2 fully saturated rings. The second kappa shape index (κ2) is 8.13. The van der Waals surface area contributed by atoms with Gasteiger partial charge in [0.1, 0.15) is 5.60 Å². The number of hydrogen-bond donors (Lipinski definition) is 1. The van der Waals surface area contributed by atoms with Gasteiger partial charge in [-0.3, -0.25) is 4.79 Å². The third kappa shape index (κ3) is 4.06. The Kier molecular flexibility index (Phi) is 6.45. The highest BCUT2D eigenvalue weighted by molar-refractivity contribution is 5.86. The van der Waals surface area contributed by atoms with Crippen LogP contribution in [-0.2, 0) is 16.0 Å². The summed E-state index contributed by atoms with van der Waals surface area (Å²) in [5, 5.41) is 3.31. The van der Waals surface area contributed by atoms with Gasteiger partial charge in [-0.05, 0) is 50.3 Å². The molecule has 2 heterocycles. The molecular formula is C18H27ClN2O2. The van der Waals surface area contributed by atoms with E-state index in [9.17, 15) is 4.79 Å². The van der Waals surface area contributed by atoms with Gasteiger partial charge in [-0.15, -0.1) is 12.4 Å². The van der Waals surface area contributed by atoms with Crippen LogP contribution in [0.15, 0.2) is 30.3 Å². The summed E-state index contributed by atoms with van der Waals surface area (Å²) in [5.41, 5.74) is 0.775. The van der Waals surface area contributed by atoms with Crippen LogP contribution in [0.2, 0.25) is 0 Å². The average molecular weight is 339 g/mol. The quantitative estimate of drug-likeness (QED) is 0.915. The second-order valence-corrected chi connectivity index (χ2v) is 6.54. The van der Waals surface area contributed by atoms with Gasteiger partial charge >= 0.3 is 0 Å². The highest BCUT2D eigenvalue weighted by Gasteiger charge is 2.43. The van der Waals surface area contributed by atoms with E-state index in [-0.39, 0.29) is 18.3 Å². The largest absolute Gasteiger partial charge is 0.368 e. The lowest BCUT2D eigenvalue weighted by Gasteiger charge is -2.37. The number of amides is 1. The fourth-order valence-corrected chi connectivity index (χ4v) is 3.76. The lowest BCUT2D eigenvalue weighted by atomic mass is 9.90. The van der Waals surface area contributed by atoms with Crippen molar-refractivity contribution in [3.8, 4) is 0 Å². The van der Waals surface area contributed by atoms with Gasteiger partial charge in [-0.25, -0.2) is 0 Å². The molecule has 2 saturated heterocycles. The number of halogens is 1. The minimum Gasteiger partial charge on any atom is -0.368 e. The van der Waals surface area contributed by atoms with Gasteiger partial charge in [-0.1, -0.05) is 30.3 Å². The average Bonchev–Trinajstić information content (AvgIpc) is 3.04. The Balaban J connectivity index is 0.00000192. The van der Waals surface area contributed by atoms with Crippen molar-refractivity contribution in [1.82, 2.24) is 10.2 Å². The van der Waals surface area contributed by atoms with Gasteiger partial charge in [0.15, 0.2) is 0 Å². The van der Waals surface area contributed by atoms with Crippen LogP contribution >= 0.6 is 12.4 Å². The van der Waals surface area contributed by atoms with Gasteiger partial charge in [0.25, 0.3) is 5.91 Å². The van der Waals surface area contributed by atoms with Crippen molar-refractivity contribution in [3.63, 3.8) is 0 Å². The van der Waals surface area contributed by atoms with Gasteiger partial charge in [-0.2, -0.15) is 0 Å². The van der Waals surface area contributed by atoms with E-state index in [0.29, 0.717) is 5.92 Å². The van der Waals surface area contributed by atoms with Crippen LogP contribution in [0.5, 0.6) is 0 Å². The molecule has 23 heavy (non-hydrogen) atoms. The molecule has 1 aromatic carbocycles. The maximum atomic E-state index is 12.9. The SMILES string of the molecule is COC1(C(=O)N2CCC(Cc3ccccc3)C2)CCNCC1.Cl. The smallest absolute Gasteiger partial charge is 0.254 e. The maximum Gasteiger partial charge on any atom is 0.254 e. The van der Waals surface area contributed by atoms with E-state index >= 15 is 0 Å². The van der Waals surface area contributed by atoms with Crippen molar-refractivity contribution in [3.05, 3.63) is 35.9 Å². The molecule has 1 unspecified atom stereocenters. The summed E-state index contributed by atoms with van der Waals surface area (Å²) in [6.07, 6.45) is 3.72. The van der Waals surface area contributed by atoms with Crippen LogP contribution in [0, 0.1) is 5.92 Å². The Morgan fingerprint density at radius 3 is 2.65 bits per heavy atom. The van der Waals surface area contributed by atoms with Crippen LogP contribution in [-0.4, -0.2) is 49.7 Å². The maximum absolute atomic E-state index is 12.9. The number of nitrogens with zero attached hydrogens (tertiary/aromatic N) is 1. The van der Waals surface area contributed by atoms with E-state index in [1.165, 1.54) is 5.56 Å². The number of nitrogens with one attached hydrogen (secondary N) is 1. The summed E-state index contributed by atoms with van der Waals surface area (Å²) in [5.74, 6) is 0.772. The standard InChI is InChI=1S/C18H26N2O2.ClH/c1-22-18(8-10-19-11-9-18)17(21)20-12-7-16(14-20)13-15-5-3-2-4-6-15;/h2-6,16,19H,7-14H2,1H3;1H. The summed E-state index contributed by atoms with van der Waals surface area (Å²) < 4.78 is 5.68. The minimum absolute atomic E-state index is 0. The number of benzene rings is 1. The Labute approximate surface area is 145 Å². The second-order valence-electron chi connectivity index (χ2n) is 6.54. The number of methoxy groups -OCH3 is 1. The first kappa shape index (κ1) is 18.2. The van der Waals surface area contributed by atoms with Crippen molar-refractivity contribution in [2.24, 2.45) is 5.92 Å². The first-order chi connectivity index (χ1) is 10.7. The van der Waals surface area contributed by atoms with Crippen LogP contribution in [0.25, 0.3) is 0 Å². The van der Waals surface area contributed by atoms with Crippen molar-refractivity contribution < 1.29 is 9.53 Å². The fraction of sp³-hybridized carbons (Fsp3) is 0.611. The number of piperidine rings is 1. The van der Waals surface area contributed by atoms with Gasteiger partial charge in [0.2, 0.25) is 0 Å². The van der Waals surface area contributed by atoms with E-state index in [1.54, 1.807) is 7.11 Å². The zero-order valence-corrected chi connectivity index (χ0v) is 14.6. The molecule has 5 heteroatoms. The first-order valence-corrected chi connectivity index (χ1v) is 8.33. The van der Waals surface area contributed by atoms with E-state index in [4.69, 9.17) is 4.74 Å². The number of ether oxygens (including phenoxy) is 1. The molecular weight excluding hydrogens is 312 g/mol. The molecule has 1 N–H and O–H groups in total. The molecule has 2 aliphatic rings. The molecule has 0 aliphatic carbocycles. The van der Waals surface area contributed by atoms with Gasteiger partial charge in [0, 0.05) is 20.2 Å². The fourth-order valence-electron chi connectivity index (χ4n) is 3.76. The van der Waals surface area contributed by atoms with E-state index in [0.717, 1.165) is 51.9 Å². The number of carbonyl (C=O) groups is 1. The van der Waals surface area contributed by atoms with Crippen molar-refractivity contribution in [2.75, 3.05) is 33.3 Å². The molecule has 1 atom stereocenters. The van der Waals surface area contributed by atoms with Crippen molar-refractivity contribution >= 4 is 18.3 Å². The Hall–Kier alpha value is -1.10. The number of likely N-dealkylation sites (tertiary alicyclic amines) is 1. The van der Waals surface area contributed by atoms with Crippen molar-refractivity contribution in [1.29, 1.82) is 0 Å². The molecule has 2 aliphatic heterocycles. The highest BCUT2D eigenvalue weighted by atomic mass is 35.5. The summed E-state index contributed by atoms with van der Waals surface area (Å²) in [6, 6.07) is 10.6. The Morgan fingerprint density at radius 1 is 1.30 bits per heavy atom. The molecule has 4 nitrogen and oxygen atoms in total. The van der Waals surface area contributed by atoms with Crippen molar-refractivity contribution in [2.45, 2.75) is 31.3 Å². The highest BCUT2D eigenvalue weighted by Crippen LogP contribution is 2.29. The summed E-state index contributed by atoms with van der Waals surface area (Å²) >= 11 is 0. The van der Waals surface area contributed by atoms with E-state index in [1.807, 2.05) is 11.0 Å². The molecule has 128 valence electrons. The van der Waals surface area contributed by atoms with Crippen LogP contribution in [0.3, 0.4) is 0 Å². The topological polar surface area (TPSA) is 41.6 Å². The van der Waals surface area contributed by atoms with Crippen LogP contribution in [0.1, 0.15) is 24.8 Å². The van der Waals surface area contributed by atoms with E-state index in [2.05, 4.69) is 29.6 Å². The molecule has 0 bridgehead atoms. The Bertz CT molecular complexity index is 503. The molecule has 0 saturated carbocycles. The van der Waals surface area contributed by atoms with Crippen LogP contribution in [0.4, 0.5) is 0 Å². The minimum atomic E-state index is -0.590. The molecule has 3 rings (SSSR count). The first-order valence-electron chi connectivity index (χ1n) is 8.33. The third-order valence-electron chi connectivity index (χ3n) is 5.13. The predicted molar refractivity (Wildman–Crippen MR) is 93.9 cm³/mol. The zero-order chi connectivity index (χ0) is 15.4. The van der Waals surface area contributed by atoms with Crippen LogP contribution < -0.4 is 5.32 Å². The zero-order valence-electron chi connectivity index (χ0n) is 13.8. The molecule has 0 aromatic heterocycles. The number of rotatable bonds is 4. The molecule has 1 aromatic rings. The summed E-state index contributed by atoms with van der Waals surface area (Å²) in [4.78, 5) is 15.0. The monoisotopic (exact) mass is 338 g/mol. The van der Waals surface area contributed by atoms with Gasteiger partial charge < -0.3 is 15.0 Å². The third-order valence-corrected chi connectivity index (χ3v) is 5.13. The Morgan fingerprint density at radius 2 is 2.00 bits per heavy atom. The molecule has 0 radical (unpaired) electrons. The van der Waals surface area contributed by atoms with Gasteiger partial charge in [0.05, 0.1) is 0 Å².